The molecule has 0 aliphatic heterocycles. The van der Waals surface area contributed by atoms with Crippen LogP contribution in [-0.2, 0) is 4.79 Å². The fourth-order valence-corrected chi connectivity index (χ4v) is 3.91. The van der Waals surface area contributed by atoms with Crippen LogP contribution in [0.25, 0.3) is 0 Å². The molecule has 0 radical (unpaired) electrons. The van der Waals surface area contributed by atoms with Gasteiger partial charge in [-0.2, -0.15) is 0 Å². The number of rotatable bonds is 17. The van der Waals surface area contributed by atoms with Gasteiger partial charge in [0.15, 0.2) is 5.78 Å². The third-order valence-electron chi connectivity index (χ3n) is 5.68. The van der Waals surface area contributed by atoms with Crippen molar-refractivity contribution in [2.45, 2.75) is 111 Å². The van der Waals surface area contributed by atoms with Crippen LogP contribution in [0.2, 0.25) is 0 Å². The summed E-state index contributed by atoms with van der Waals surface area (Å²) in [5.74, 6) is -0.277. The van der Waals surface area contributed by atoms with Gasteiger partial charge in [0, 0.05) is 12.8 Å². The second-order valence-corrected chi connectivity index (χ2v) is 8.45. The summed E-state index contributed by atoms with van der Waals surface area (Å²) in [6.45, 7) is 5.74. The number of phenolic OH excluding ortho intramolecular Hbond substituents is 1. The lowest BCUT2D eigenvalue weighted by Crippen LogP contribution is -2.16. The number of hydrogen-bond acceptors (Lipinski definition) is 4. The Labute approximate surface area is 183 Å². The topological polar surface area (TPSA) is 63.6 Å². The van der Waals surface area contributed by atoms with Crippen LogP contribution in [0.5, 0.6) is 11.5 Å². The largest absolute Gasteiger partial charge is 0.507 e. The zero-order chi connectivity index (χ0) is 22.2. The van der Waals surface area contributed by atoms with E-state index in [1.54, 1.807) is 0 Å². The second-order valence-electron chi connectivity index (χ2n) is 8.45. The summed E-state index contributed by atoms with van der Waals surface area (Å²) in [5, 5.41) is 10.2. The van der Waals surface area contributed by atoms with Gasteiger partial charge in [-0.1, -0.05) is 90.9 Å². The third-order valence-corrected chi connectivity index (χ3v) is 5.68. The van der Waals surface area contributed by atoms with Gasteiger partial charge >= 0.3 is 5.97 Å². The van der Waals surface area contributed by atoms with Crippen molar-refractivity contribution in [1.29, 1.82) is 0 Å². The van der Waals surface area contributed by atoms with Crippen LogP contribution in [0.1, 0.15) is 121 Å². The molecule has 4 heteroatoms. The van der Waals surface area contributed by atoms with Gasteiger partial charge in [-0.15, -0.1) is 0 Å². The molecule has 0 spiro atoms. The molecule has 1 rings (SSSR count). The van der Waals surface area contributed by atoms with Crippen molar-refractivity contribution >= 4 is 11.8 Å². The van der Waals surface area contributed by atoms with Crippen molar-refractivity contribution in [3.63, 3.8) is 0 Å². The van der Waals surface area contributed by atoms with Gasteiger partial charge in [0.25, 0.3) is 0 Å². The van der Waals surface area contributed by atoms with Crippen LogP contribution in [-0.4, -0.2) is 16.9 Å². The second kappa shape index (κ2) is 15.9. The summed E-state index contributed by atoms with van der Waals surface area (Å²) in [5.41, 5.74) is 0.272. The number of carbonyl (C=O) groups excluding carboxylic acids is 2. The standard InChI is InChI=1S/C26H42O4/c1-4-6-8-10-11-12-13-15-17-22(16-14-9-7-5-2)26(29)24-20-23(30-21(3)27)18-19-25(24)28/h18-20,22,28H,4-17H2,1-3H3. The van der Waals surface area contributed by atoms with E-state index in [9.17, 15) is 14.7 Å². The van der Waals surface area contributed by atoms with Crippen molar-refractivity contribution in [2.75, 3.05) is 0 Å². The Bertz CT molecular complexity index is 623. The number of phenols is 1. The van der Waals surface area contributed by atoms with Gasteiger partial charge < -0.3 is 9.84 Å². The lowest BCUT2D eigenvalue weighted by molar-refractivity contribution is -0.131. The minimum Gasteiger partial charge on any atom is -0.507 e. The minimum atomic E-state index is -0.436. The Morgan fingerprint density at radius 2 is 1.33 bits per heavy atom. The average Bonchev–Trinajstić information content (AvgIpc) is 2.72. The van der Waals surface area contributed by atoms with E-state index < -0.39 is 5.97 Å². The van der Waals surface area contributed by atoms with Crippen molar-refractivity contribution in [2.24, 2.45) is 5.92 Å². The van der Waals surface area contributed by atoms with E-state index in [1.165, 1.54) is 76.5 Å². The van der Waals surface area contributed by atoms with Crippen LogP contribution in [0.4, 0.5) is 0 Å². The lowest BCUT2D eigenvalue weighted by Gasteiger charge is -2.17. The van der Waals surface area contributed by atoms with Gasteiger partial charge in [-0.25, -0.2) is 0 Å². The third kappa shape index (κ3) is 10.8. The number of esters is 1. The monoisotopic (exact) mass is 418 g/mol. The predicted molar refractivity (Wildman–Crippen MR) is 123 cm³/mol. The van der Waals surface area contributed by atoms with Crippen molar-refractivity contribution in [3.05, 3.63) is 23.8 Å². The molecule has 1 aromatic rings. The zero-order valence-electron chi connectivity index (χ0n) is 19.4. The molecule has 0 aliphatic rings. The summed E-state index contributed by atoms with van der Waals surface area (Å²) < 4.78 is 5.10. The molecular formula is C26H42O4. The van der Waals surface area contributed by atoms with Crippen LogP contribution >= 0.6 is 0 Å². The number of unbranched alkanes of at least 4 members (excludes halogenated alkanes) is 10. The molecule has 0 amide bonds. The highest BCUT2D eigenvalue weighted by molar-refractivity contribution is 6.00. The molecule has 1 aromatic carbocycles. The molecule has 0 saturated heterocycles. The van der Waals surface area contributed by atoms with E-state index in [0.29, 0.717) is 5.75 Å². The summed E-state index contributed by atoms with van der Waals surface area (Å²) in [6.07, 6.45) is 16.2. The Morgan fingerprint density at radius 3 is 1.87 bits per heavy atom. The highest BCUT2D eigenvalue weighted by Gasteiger charge is 2.23. The number of Topliss-reactive ketones (excluding diaryl/α,β-unsaturated/α-hetero) is 1. The Kier molecular flexibility index (Phi) is 13.9. The normalized spacial score (nSPS) is 12.0. The molecule has 30 heavy (non-hydrogen) atoms. The Morgan fingerprint density at radius 1 is 0.833 bits per heavy atom. The van der Waals surface area contributed by atoms with E-state index >= 15 is 0 Å². The number of ether oxygens (including phenoxy) is 1. The molecule has 0 aliphatic carbocycles. The first-order valence-electron chi connectivity index (χ1n) is 12.0. The van der Waals surface area contributed by atoms with Crippen LogP contribution in [0.15, 0.2) is 18.2 Å². The first-order valence-corrected chi connectivity index (χ1v) is 12.0. The molecule has 0 heterocycles. The number of benzene rings is 1. The van der Waals surface area contributed by atoms with E-state index in [0.717, 1.165) is 38.5 Å². The predicted octanol–water partition coefficient (Wildman–Crippen LogP) is 7.62. The molecule has 0 aromatic heterocycles. The SMILES string of the molecule is CCCCCCCCCCC(CCCCCC)C(=O)c1cc(OC(C)=O)ccc1O. The molecule has 0 saturated carbocycles. The number of hydrogen-bond donors (Lipinski definition) is 1. The molecule has 0 bridgehead atoms. The van der Waals surface area contributed by atoms with Gasteiger partial charge in [0.05, 0.1) is 5.56 Å². The van der Waals surface area contributed by atoms with Gasteiger partial charge in [-0.05, 0) is 31.0 Å². The first kappa shape index (κ1) is 26.2. The molecular weight excluding hydrogens is 376 g/mol. The van der Waals surface area contributed by atoms with E-state index in [-0.39, 0.29) is 23.0 Å². The van der Waals surface area contributed by atoms with Crippen molar-refractivity contribution in [3.8, 4) is 11.5 Å². The van der Waals surface area contributed by atoms with Gasteiger partial charge in [0.2, 0.25) is 0 Å². The van der Waals surface area contributed by atoms with Gasteiger partial charge in [0.1, 0.15) is 11.5 Å². The maximum atomic E-state index is 13.2. The van der Waals surface area contributed by atoms with E-state index in [1.807, 2.05) is 0 Å². The van der Waals surface area contributed by atoms with Crippen LogP contribution < -0.4 is 4.74 Å². The fraction of sp³-hybridized carbons (Fsp3) is 0.692. The Hall–Kier alpha value is -1.84. The van der Waals surface area contributed by atoms with Gasteiger partial charge in [-0.3, -0.25) is 9.59 Å². The molecule has 170 valence electrons. The highest BCUT2D eigenvalue weighted by atomic mass is 16.5. The summed E-state index contributed by atoms with van der Waals surface area (Å²) >= 11 is 0. The number of carbonyl (C=O) groups is 2. The highest BCUT2D eigenvalue weighted by Crippen LogP contribution is 2.30. The molecule has 1 N–H and O–H groups in total. The summed E-state index contributed by atoms with van der Waals surface area (Å²) in [7, 11) is 0. The first-order chi connectivity index (χ1) is 14.5. The number of aromatic hydroxyl groups is 1. The molecule has 0 fully saturated rings. The van der Waals surface area contributed by atoms with Crippen LogP contribution in [0, 0.1) is 5.92 Å². The number of ketones is 1. The Balaban J connectivity index is 2.67. The fourth-order valence-electron chi connectivity index (χ4n) is 3.91. The minimum absolute atomic E-state index is 0.0269. The van der Waals surface area contributed by atoms with Crippen LogP contribution in [0.3, 0.4) is 0 Å². The molecule has 1 atom stereocenters. The maximum absolute atomic E-state index is 13.2. The quantitative estimate of drug-likeness (QED) is 0.122. The summed E-state index contributed by atoms with van der Waals surface area (Å²) in [4.78, 5) is 24.4. The average molecular weight is 419 g/mol. The molecule has 1 unspecified atom stereocenters. The van der Waals surface area contributed by atoms with E-state index in [2.05, 4.69) is 13.8 Å². The lowest BCUT2D eigenvalue weighted by atomic mass is 9.87. The van der Waals surface area contributed by atoms with Crippen molar-refractivity contribution < 1.29 is 19.4 Å². The zero-order valence-corrected chi connectivity index (χ0v) is 19.4. The maximum Gasteiger partial charge on any atom is 0.308 e. The smallest absolute Gasteiger partial charge is 0.308 e. The van der Waals surface area contributed by atoms with E-state index in [4.69, 9.17) is 4.74 Å². The van der Waals surface area contributed by atoms with Crippen molar-refractivity contribution in [1.82, 2.24) is 0 Å². The molecule has 4 nitrogen and oxygen atoms in total. The summed E-state index contributed by atoms with van der Waals surface area (Å²) in [6, 6.07) is 4.46.